The van der Waals surface area contributed by atoms with Crippen LogP contribution in [0.1, 0.15) is 30.0 Å². The van der Waals surface area contributed by atoms with E-state index in [1.807, 2.05) is 4.90 Å². The van der Waals surface area contributed by atoms with Crippen molar-refractivity contribution in [2.45, 2.75) is 25.3 Å². The third-order valence-electron chi connectivity index (χ3n) is 5.95. The van der Waals surface area contributed by atoms with Crippen LogP contribution < -0.4 is 10.6 Å². The SMILES string of the molecule is Nc1cc(F)c2c(ccn2Cc2ncc(C3CCN(c4ncc(F)cn4)CC3)cc2F)c1. The monoisotopic (exact) mass is 438 g/mol. The molecule has 1 fully saturated rings. The Balaban J connectivity index is 1.29. The van der Waals surface area contributed by atoms with Crippen LogP contribution in [-0.2, 0) is 6.54 Å². The van der Waals surface area contributed by atoms with Crippen molar-refractivity contribution in [2.75, 3.05) is 23.7 Å². The molecule has 0 spiro atoms. The fourth-order valence-electron chi connectivity index (χ4n) is 4.31. The molecule has 0 amide bonds. The second-order valence-electron chi connectivity index (χ2n) is 8.04. The fraction of sp³-hybridized carbons (Fsp3) is 0.261. The normalized spacial score (nSPS) is 14.9. The lowest BCUT2D eigenvalue weighted by molar-refractivity contribution is 0.491. The number of nitrogen functional groups attached to an aromatic ring is 1. The summed E-state index contributed by atoms with van der Waals surface area (Å²) in [6, 6.07) is 6.22. The van der Waals surface area contributed by atoms with Crippen LogP contribution in [0.25, 0.3) is 10.9 Å². The van der Waals surface area contributed by atoms with Crippen LogP contribution in [0.2, 0.25) is 0 Å². The molecule has 1 aliphatic heterocycles. The Labute approximate surface area is 182 Å². The van der Waals surface area contributed by atoms with Gasteiger partial charge in [0.15, 0.2) is 5.82 Å². The molecular weight excluding hydrogens is 417 g/mol. The van der Waals surface area contributed by atoms with Gasteiger partial charge in [0, 0.05) is 36.6 Å². The smallest absolute Gasteiger partial charge is 0.225 e. The van der Waals surface area contributed by atoms with Gasteiger partial charge in [-0.3, -0.25) is 4.98 Å². The minimum atomic E-state index is -0.468. The maximum absolute atomic E-state index is 14.9. The van der Waals surface area contributed by atoms with E-state index in [1.54, 1.807) is 29.1 Å². The number of rotatable bonds is 4. The highest BCUT2D eigenvalue weighted by Crippen LogP contribution is 2.30. The summed E-state index contributed by atoms with van der Waals surface area (Å²) < 4.78 is 43.9. The first-order valence-corrected chi connectivity index (χ1v) is 10.4. The molecule has 1 aliphatic rings. The highest BCUT2D eigenvalue weighted by atomic mass is 19.1. The van der Waals surface area contributed by atoms with Gasteiger partial charge in [-0.1, -0.05) is 0 Å². The highest BCUT2D eigenvalue weighted by molar-refractivity contribution is 5.84. The minimum absolute atomic E-state index is 0.122. The number of nitrogens with zero attached hydrogens (tertiary/aromatic N) is 5. The minimum Gasteiger partial charge on any atom is -0.399 e. The van der Waals surface area contributed by atoms with Crippen molar-refractivity contribution in [3.8, 4) is 0 Å². The third kappa shape index (κ3) is 3.86. The molecule has 0 unspecified atom stereocenters. The van der Waals surface area contributed by atoms with Gasteiger partial charge in [0.2, 0.25) is 5.95 Å². The summed E-state index contributed by atoms with van der Waals surface area (Å²) in [5.41, 5.74) is 7.50. The van der Waals surface area contributed by atoms with E-state index in [4.69, 9.17) is 5.73 Å². The van der Waals surface area contributed by atoms with Crippen molar-refractivity contribution in [1.29, 1.82) is 0 Å². The summed E-state index contributed by atoms with van der Waals surface area (Å²) in [7, 11) is 0. The van der Waals surface area contributed by atoms with E-state index in [9.17, 15) is 13.2 Å². The summed E-state index contributed by atoms with van der Waals surface area (Å²) in [6.07, 6.45) is 7.29. The molecule has 4 aromatic rings. The molecule has 0 radical (unpaired) electrons. The standard InChI is InChI=1S/C23H21F3N6/c24-17-11-29-23(30-12-17)31-4-1-14(2-5-31)16-8-19(25)21(28-10-16)13-32-6-3-15-7-18(27)9-20(26)22(15)32/h3,6-12,14H,1-2,4-5,13,27H2. The van der Waals surface area contributed by atoms with Gasteiger partial charge < -0.3 is 15.2 Å². The lowest BCUT2D eigenvalue weighted by Gasteiger charge is -2.32. The summed E-state index contributed by atoms with van der Waals surface area (Å²) in [4.78, 5) is 14.4. The van der Waals surface area contributed by atoms with E-state index < -0.39 is 17.5 Å². The average Bonchev–Trinajstić information content (AvgIpc) is 3.18. The molecule has 1 saturated heterocycles. The Hall–Kier alpha value is -3.62. The first-order chi connectivity index (χ1) is 15.5. The summed E-state index contributed by atoms with van der Waals surface area (Å²) in [6.45, 7) is 1.51. The Kier molecular flexibility index (Phi) is 5.16. The molecule has 0 saturated carbocycles. The number of nitrogens with two attached hydrogens (primary N) is 1. The molecule has 2 N–H and O–H groups in total. The van der Waals surface area contributed by atoms with Gasteiger partial charge in [-0.15, -0.1) is 0 Å². The van der Waals surface area contributed by atoms with Crippen molar-refractivity contribution in [3.63, 3.8) is 0 Å². The second-order valence-corrected chi connectivity index (χ2v) is 8.04. The van der Waals surface area contributed by atoms with Crippen molar-refractivity contribution in [3.05, 3.63) is 77.8 Å². The number of anilines is 2. The molecule has 4 heterocycles. The van der Waals surface area contributed by atoms with Crippen molar-refractivity contribution in [2.24, 2.45) is 0 Å². The number of fused-ring (bicyclic) bond motifs is 1. The molecule has 3 aromatic heterocycles. The molecule has 32 heavy (non-hydrogen) atoms. The Morgan fingerprint density at radius 3 is 2.41 bits per heavy atom. The van der Waals surface area contributed by atoms with E-state index in [1.165, 1.54) is 12.1 Å². The molecule has 164 valence electrons. The van der Waals surface area contributed by atoms with Gasteiger partial charge >= 0.3 is 0 Å². The first-order valence-electron chi connectivity index (χ1n) is 10.4. The number of halogens is 3. The zero-order valence-corrected chi connectivity index (χ0v) is 17.2. The number of hydrogen-bond acceptors (Lipinski definition) is 5. The first kappa shape index (κ1) is 20.3. The summed E-state index contributed by atoms with van der Waals surface area (Å²) in [5.74, 6) is -0.665. The van der Waals surface area contributed by atoms with Gasteiger partial charge in [0.25, 0.3) is 0 Å². The van der Waals surface area contributed by atoms with Gasteiger partial charge in [-0.05, 0) is 48.6 Å². The number of hydrogen-bond donors (Lipinski definition) is 1. The largest absolute Gasteiger partial charge is 0.399 e. The fourth-order valence-corrected chi connectivity index (χ4v) is 4.31. The molecule has 5 rings (SSSR count). The van der Waals surface area contributed by atoms with Gasteiger partial charge in [0.05, 0.1) is 30.1 Å². The van der Waals surface area contributed by atoms with Crippen molar-refractivity contribution in [1.82, 2.24) is 19.5 Å². The van der Waals surface area contributed by atoms with E-state index >= 15 is 0 Å². The van der Waals surface area contributed by atoms with Crippen LogP contribution in [0.5, 0.6) is 0 Å². The zero-order valence-electron chi connectivity index (χ0n) is 17.2. The van der Waals surface area contributed by atoms with Gasteiger partial charge in [0.1, 0.15) is 11.6 Å². The van der Waals surface area contributed by atoms with Crippen LogP contribution in [-0.4, -0.2) is 32.6 Å². The predicted molar refractivity (Wildman–Crippen MR) is 116 cm³/mol. The topological polar surface area (TPSA) is 72.9 Å². The molecule has 0 aliphatic carbocycles. The van der Waals surface area contributed by atoms with Gasteiger partial charge in [-0.2, -0.15) is 0 Å². The highest BCUT2D eigenvalue weighted by Gasteiger charge is 2.23. The van der Waals surface area contributed by atoms with Gasteiger partial charge in [-0.25, -0.2) is 23.1 Å². The van der Waals surface area contributed by atoms with Crippen LogP contribution in [0, 0.1) is 17.5 Å². The average molecular weight is 438 g/mol. The summed E-state index contributed by atoms with van der Waals surface area (Å²) >= 11 is 0. The molecule has 9 heteroatoms. The van der Waals surface area contributed by atoms with Crippen molar-refractivity contribution < 1.29 is 13.2 Å². The van der Waals surface area contributed by atoms with Crippen LogP contribution in [0.15, 0.2) is 49.1 Å². The molecule has 0 atom stereocenters. The maximum Gasteiger partial charge on any atom is 0.225 e. The number of pyridine rings is 1. The third-order valence-corrected chi connectivity index (χ3v) is 5.95. The number of piperidine rings is 1. The maximum atomic E-state index is 14.9. The molecule has 6 nitrogen and oxygen atoms in total. The van der Waals surface area contributed by atoms with Crippen LogP contribution in [0.4, 0.5) is 24.8 Å². The van der Waals surface area contributed by atoms with E-state index in [0.717, 1.165) is 30.8 Å². The van der Waals surface area contributed by atoms with E-state index in [2.05, 4.69) is 15.0 Å². The van der Waals surface area contributed by atoms with Crippen molar-refractivity contribution >= 4 is 22.5 Å². The Morgan fingerprint density at radius 1 is 0.938 bits per heavy atom. The number of benzene rings is 1. The second kappa shape index (κ2) is 8.14. The lowest BCUT2D eigenvalue weighted by Crippen LogP contribution is -2.34. The number of aromatic nitrogens is 4. The molecular formula is C23H21F3N6. The molecule has 0 bridgehead atoms. The van der Waals surface area contributed by atoms with E-state index in [0.29, 0.717) is 35.6 Å². The Bertz CT molecular complexity index is 1260. The Morgan fingerprint density at radius 2 is 1.69 bits per heavy atom. The van der Waals surface area contributed by atoms with E-state index in [-0.39, 0.29) is 18.2 Å². The molecule has 1 aromatic carbocycles. The summed E-state index contributed by atoms with van der Waals surface area (Å²) in [5, 5.41) is 0.663. The van der Waals surface area contributed by atoms with Crippen LogP contribution >= 0.6 is 0 Å². The zero-order chi connectivity index (χ0) is 22.2. The lowest BCUT2D eigenvalue weighted by atomic mass is 9.90. The van der Waals surface area contributed by atoms with Crippen LogP contribution in [0.3, 0.4) is 0 Å². The predicted octanol–water partition coefficient (Wildman–Crippen LogP) is 4.26. The quantitative estimate of drug-likeness (QED) is 0.482.